The van der Waals surface area contributed by atoms with Crippen molar-refractivity contribution in [3.8, 4) is 11.5 Å². The third kappa shape index (κ3) is 4.79. The summed E-state index contributed by atoms with van der Waals surface area (Å²) in [6.07, 6.45) is 5.08. The van der Waals surface area contributed by atoms with Crippen LogP contribution in [0.3, 0.4) is 0 Å². The molecule has 0 fully saturated rings. The van der Waals surface area contributed by atoms with Crippen LogP contribution in [0.15, 0.2) is 47.3 Å². The topological polar surface area (TPSA) is 83.6 Å². The van der Waals surface area contributed by atoms with Crippen molar-refractivity contribution >= 4 is 16.6 Å². The number of nitrogens with zero attached hydrogens (tertiary/aromatic N) is 2. The Hall–Kier alpha value is -3.09. The molecule has 0 aliphatic carbocycles. The molecule has 0 N–H and O–H groups in total. The van der Waals surface area contributed by atoms with Gasteiger partial charge in [-0.05, 0) is 32.4 Å². The molecule has 0 aliphatic heterocycles. The summed E-state index contributed by atoms with van der Waals surface area (Å²) in [5.41, 5.74) is 1.10. The smallest absolute Gasteiger partial charge is 0.297 e. The van der Waals surface area contributed by atoms with Crippen molar-refractivity contribution in [2.24, 2.45) is 0 Å². The lowest BCUT2D eigenvalue weighted by molar-refractivity contribution is -0.384. The Bertz CT molecular complexity index is 955. The molecule has 0 saturated carbocycles. The number of rotatable bonds is 10. The number of benzene rings is 1. The maximum Gasteiger partial charge on any atom is 0.297 e. The fraction of sp³-hybridized carbons (Fsp3) is 0.381. The zero-order valence-electron chi connectivity index (χ0n) is 16.6. The molecule has 1 aromatic heterocycles. The van der Waals surface area contributed by atoms with E-state index in [4.69, 9.17) is 9.47 Å². The number of ether oxygens (including phenoxy) is 2. The van der Waals surface area contributed by atoms with Gasteiger partial charge < -0.3 is 14.0 Å². The monoisotopic (exact) mass is 386 g/mol. The molecule has 0 aliphatic rings. The Balaban J connectivity index is 2.76. The van der Waals surface area contributed by atoms with E-state index in [9.17, 15) is 14.9 Å². The van der Waals surface area contributed by atoms with Gasteiger partial charge in [0.15, 0.2) is 5.75 Å². The van der Waals surface area contributed by atoms with Crippen LogP contribution in [0.5, 0.6) is 11.5 Å². The lowest BCUT2D eigenvalue weighted by atomic mass is 10.1. The molecule has 150 valence electrons. The number of non-ortho nitro benzene ring substituents is 1. The predicted octanol–water partition coefficient (Wildman–Crippen LogP) is 4.62. The van der Waals surface area contributed by atoms with E-state index in [2.05, 4.69) is 6.58 Å². The quantitative estimate of drug-likeness (QED) is 0.338. The average molecular weight is 386 g/mol. The summed E-state index contributed by atoms with van der Waals surface area (Å²) < 4.78 is 13.1. The number of hydrogen-bond acceptors (Lipinski definition) is 5. The van der Waals surface area contributed by atoms with Crippen molar-refractivity contribution in [3.63, 3.8) is 0 Å². The minimum Gasteiger partial charge on any atom is -0.485 e. The Morgan fingerprint density at radius 2 is 1.96 bits per heavy atom. The molecule has 2 aromatic rings. The molecule has 0 spiro atoms. The van der Waals surface area contributed by atoms with E-state index < -0.39 is 4.92 Å². The normalized spacial score (nSPS) is 10.5. The first-order chi connectivity index (χ1) is 13.4. The molecule has 0 amide bonds. The van der Waals surface area contributed by atoms with Gasteiger partial charge in [0.1, 0.15) is 13.2 Å². The predicted molar refractivity (Wildman–Crippen MR) is 110 cm³/mol. The number of pyridine rings is 1. The number of fused-ring (bicyclic) bond motifs is 1. The molecule has 0 saturated heterocycles. The first kappa shape index (κ1) is 21.2. The second kappa shape index (κ2) is 9.73. The van der Waals surface area contributed by atoms with Crippen LogP contribution in [-0.4, -0.2) is 22.7 Å². The lowest BCUT2D eigenvalue weighted by Gasteiger charge is -2.18. The molecule has 1 heterocycles. The fourth-order valence-electron chi connectivity index (χ4n) is 2.74. The van der Waals surface area contributed by atoms with Crippen LogP contribution >= 0.6 is 0 Å². The molecule has 28 heavy (non-hydrogen) atoms. The van der Waals surface area contributed by atoms with Crippen molar-refractivity contribution in [2.45, 2.75) is 40.2 Å². The van der Waals surface area contributed by atoms with Crippen LogP contribution in [0.4, 0.5) is 5.69 Å². The zero-order chi connectivity index (χ0) is 20.7. The second-order valence-corrected chi connectivity index (χ2v) is 6.62. The molecule has 0 unspecified atom stereocenters. The highest BCUT2D eigenvalue weighted by atomic mass is 16.6. The molecule has 7 nitrogen and oxygen atoms in total. The number of nitro groups is 1. The van der Waals surface area contributed by atoms with E-state index in [0.717, 1.165) is 18.4 Å². The number of nitro benzene ring substituents is 1. The van der Waals surface area contributed by atoms with E-state index in [1.807, 2.05) is 26.8 Å². The molecular formula is C21H26N2O5. The fourth-order valence-corrected chi connectivity index (χ4v) is 2.74. The first-order valence-electron chi connectivity index (χ1n) is 9.25. The third-order valence-corrected chi connectivity index (χ3v) is 4.17. The van der Waals surface area contributed by atoms with Gasteiger partial charge in [0.2, 0.25) is 5.75 Å². The van der Waals surface area contributed by atoms with Gasteiger partial charge in [-0.15, -0.1) is 0 Å². The minimum absolute atomic E-state index is 0.0767. The maximum absolute atomic E-state index is 13.1. The summed E-state index contributed by atoms with van der Waals surface area (Å²) in [4.78, 5) is 23.9. The van der Waals surface area contributed by atoms with Crippen LogP contribution in [0.2, 0.25) is 0 Å². The highest BCUT2D eigenvalue weighted by Crippen LogP contribution is 2.35. The average Bonchev–Trinajstić information content (AvgIpc) is 2.66. The number of unbranched alkanes of at least 4 members (excludes halogenated alkanes) is 1. The van der Waals surface area contributed by atoms with Gasteiger partial charge in [-0.1, -0.05) is 31.6 Å². The van der Waals surface area contributed by atoms with Crippen LogP contribution in [0, 0.1) is 10.1 Å². The van der Waals surface area contributed by atoms with Crippen molar-refractivity contribution in [1.29, 1.82) is 0 Å². The first-order valence-corrected chi connectivity index (χ1v) is 9.25. The molecule has 0 atom stereocenters. The number of hydrogen-bond donors (Lipinski definition) is 0. The number of aryl methyl sites for hydroxylation is 1. The van der Waals surface area contributed by atoms with Gasteiger partial charge >= 0.3 is 0 Å². The Morgan fingerprint density at radius 3 is 2.57 bits per heavy atom. The van der Waals surface area contributed by atoms with Crippen LogP contribution < -0.4 is 15.0 Å². The van der Waals surface area contributed by atoms with Gasteiger partial charge in [-0.2, -0.15) is 0 Å². The number of allylic oxidation sites excluding steroid dienone is 1. The van der Waals surface area contributed by atoms with E-state index in [-0.39, 0.29) is 30.2 Å². The summed E-state index contributed by atoms with van der Waals surface area (Å²) in [5, 5.41) is 11.8. The zero-order valence-corrected chi connectivity index (χ0v) is 16.6. The Labute approximate surface area is 164 Å². The van der Waals surface area contributed by atoms with Crippen molar-refractivity contribution in [3.05, 3.63) is 63.0 Å². The molecular weight excluding hydrogens is 360 g/mol. The largest absolute Gasteiger partial charge is 0.485 e. The van der Waals surface area contributed by atoms with E-state index in [1.165, 1.54) is 16.7 Å². The van der Waals surface area contributed by atoms with Crippen molar-refractivity contribution in [2.75, 3.05) is 13.2 Å². The van der Waals surface area contributed by atoms with Gasteiger partial charge in [0.25, 0.3) is 11.2 Å². The third-order valence-electron chi connectivity index (χ3n) is 4.17. The number of aromatic nitrogens is 1. The van der Waals surface area contributed by atoms with Crippen LogP contribution in [0.1, 0.15) is 33.6 Å². The molecule has 0 radical (unpaired) electrons. The van der Waals surface area contributed by atoms with E-state index >= 15 is 0 Å². The molecule has 0 bridgehead atoms. The summed E-state index contributed by atoms with van der Waals surface area (Å²) in [7, 11) is 0. The van der Waals surface area contributed by atoms with E-state index in [0.29, 0.717) is 23.2 Å². The highest BCUT2D eigenvalue weighted by Gasteiger charge is 2.21. The summed E-state index contributed by atoms with van der Waals surface area (Å²) in [5.74, 6) is 0.390. The maximum atomic E-state index is 13.1. The molecule has 1 aromatic carbocycles. The van der Waals surface area contributed by atoms with Gasteiger partial charge in [-0.3, -0.25) is 14.9 Å². The van der Waals surface area contributed by atoms with Gasteiger partial charge in [0.05, 0.1) is 10.4 Å². The Morgan fingerprint density at radius 1 is 1.25 bits per heavy atom. The van der Waals surface area contributed by atoms with Gasteiger partial charge in [-0.25, -0.2) is 0 Å². The SMILES string of the molecule is C=CCOc1c(OCC=C(C)C)c2ccc([N+](=O)[O-])cc2n(CCCC)c1=O. The van der Waals surface area contributed by atoms with Crippen LogP contribution in [0.25, 0.3) is 10.9 Å². The standard InChI is InChI=1S/C21H26N2O5/c1-5-7-11-22-18-14-16(23(25)26)8-9-17(18)19(28-13-10-15(3)4)20(21(22)24)27-12-6-2/h6,8-10,14H,2,5,7,11-13H2,1,3-4H3. The second-order valence-electron chi connectivity index (χ2n) is 6.62. The highest BCUT2D eigenvalue weighted by molar-refractivity contribution is 5.89. The van der Waals surface area contributed by atoms with Gasteiger partial charge in [0, 0.05) is 24.1 Å². The molecule has 2 rings (SSSR count). The van der Waals surface area contributed by atoms with Crippen molar-refractivity contribution in [1.82, 2.24) is 4.57 Å². The summed E-state index contributed by atoms with van der Waals surface area (Å²) in [6.45, 7) is 10.4. The molecule has 7 heteroatoms. The lowest BCUT2D eigenvalue weighted by Crippen LogP contribution is -2.24. The van der Waals surface area contributed by atoms with E-state index in [1.54, 1.807) is 12.1 Å². The minimum atomic E-state index is -0.472. The summed E-state index contributed by atoms with van der Waals surface area (Å²) >= 11 is 0. The van der Waals surface area contributed by atoms with Crippen molar-refractivity contribution < 1.29 is 14.4 Å². The van der Waals surface area contributed by atoms with Crippen LogP contribution in [-0.2, 0) is 6.54 Å². The summed E-state index contributed by atoms with van der Waals surface area (Å²) in [6, 6.07) is 4.42. The Kier molecular flexibility index (Phi) is 7.37.